The van der Waals surface area contributed by atoms with Gasteiger partial charge >= 0.3 is 6.09 Å². The number of amides is 1. The minimum atomic E-state index is -3.42. The number of piperidine rings is 1. The average Bonchev–Trinajstić information content (AvgIpc) is 3.23. The Morgan fingerprint density at radius 2 is 1.79 bits per heavy atom. The van der Waals surface area contributed by atoms with Crippen LogP contribution in [0.2, 0.25) is 0 Å². The molecular weight excluding hydrogens is 374 g/mol. The predicted molar refractivity (Wildman–Crippen MR) is 107 cm³/mol. The summed E-state index contributed by atoms with van der Waals surface area (Å²) in [7, 11) is -3.42. The Morgan fingerprint density at radius 3 is 2.32 bits per heavy atom. The lowest BCUT2D eigenvalue weighted by Crippen LogP contribution is -2.31. The molecule has 0 aromatic heterocycles. The molecule has 1 amide bonds. The van der Waals surface area contributed by atoms with Crippen LogP contribution in [-0.2, 0) is 21.0 Å². The highest BCUT2D eigenvalue weighted by atomic mass is 32.2. The monoisotopic (exact) mass is 399 g/mol. The number of hydrogen-bond donors (Lipinski definition) is 1. The highest BCUT2D eigenvalue weighted by molar-refractivity contribution is 7.90. The molecule has 5 nitrogen and oxygen atoms in total. The maximum absolute atomic E-state index is 12.8. The lowest BCUT2D eigenvalue weighted by atomic mass is 9.95. The topological polar surface area (TPSA) is 74.7 Å². The highest BCUT2D eigenvalue weighted by Gasteiger charge is 2.61. The number of benzene rings is 2. The molecule has 2 atom stereocenters. The van der Waals surface area contributed by atoms with E-state index in [9.17, 15) is 18.3 Å². The van der Waals surface area contributed by atoms with Crippen LogP contribution in [0.1, 0.15) is 42.9 Å². The summed E-state index contributed by atoms with van der Waals surface area (Å²) in [5, 5.41) is 9.20. The van der Waals surface area contributed by atoms with Gasteiger partial charge < -0.3 is 10.0 Å². The van der Waals surface area contributed by atoms with E-state index in [-0.39, 0.29) is 11.2 Å². The van der Waals surface area contributed by atoms with Crippen LogP contribution in [0.5, 0.6) is 0 Å². The molecule has 0 spiro atoms. The van der Waals surface area contributed by atoms with Crippen LogP contribution in [0.3, 0.4) is 0 Å². The van der Waals surface area contributed by atoms with E-state index in [1.54, 1.807) is 12.1 Å². The van der Waals surface area contributed by atoms with Crippen LogP contribution >= 0.6 is 0 Å². The fraction of sp³-hybridized carbons (Fsp3) is 0.409. The Labute approximate surface area is 165 Å². The van der Waals surface area contributed by atoms with Crippen LogP contribution in [0.4, 0.5) is 4.79 Å². The van der Waals surface area contributed by atoms with Gasteiger partial charge in [0.25, 0.3) is 0 Å². The van der Waals surface area contributed by atoms with Crippen LogP contribution in [0.25, 0.3) is 0 Å². The van der Waals surface area contributed by atoms with Crippen molar-refractivity contribution in [2.75, 3.05) is 13.1 Å². The molecule has 4 rings (SSSR count). The molecule has 148 valence electrons. The van der Waals surface area contributed by atoms with Crippen LogP contribution in [-0.4, -0.2) is 37.6 Å². The van der Waals surface area contributed by atoms with Crippen molar-refractivity contribution in [1.82, 2.24) is 4.90 Å². The first-order chi connectivity index (χ1) is 13.2. The lowest BCUT2D eigenvalue weighted by Gasteiger charge is -2.18. The molecule has 1 N–H and O–H groups in total. The molecule has 2 fully saturated rings. The second-order valence-corrected chi connectivity index (χ2v) is 10.4. The van der Waals surface area contributed by atoms with Gasteiger partial charge in [0.05, 0.1) is 10.6 Å². The van der Waals surface area contributed by atoms with E-state index in [4.69, 9.17) is 0 Å². The fourth-order valence-corrected chi connectivity index (χ4v) is 5.72. The zero-order valence-corrected chi connectivity index (χ0v) is 16.9. The zero-order valence-electron chi connectivity index (χ0n) is 16.1. The van der Waals surface area contributed by atoms with Gasteiger partial charge in [-0.1, -0.05) is 50.2 Å². The first-order valence-electron chi connectivity index (χ1n) is 9.61. The van der Waals surface area contributed by atoms with Crippen molar-refractivity contribution in [2.45, 2.75) is 42.2 Å². The Kier molecular flexibility index (Phi) is 4.49. The van der Waals surface area contributed by atoms with Crippen molar-refractivity contribution in [3.05, 3.63) is 65.2 Å². The molecule has 1 saturated heterocycles. The van der Waals surface area contributed by atoms with Gasteiger partial charge in [-0.05, 0) is 47.1 Å². The summed E-state index contributed by atoms with van der Waals surface area (Å²) < 4.78 is 25.6. The molecule has 1 heterocycles. The third-order valence-electron chi connectivity index (χ3n) is 6.21. The first-order valence-corrected chi connectivity index (χ1v) is 11.3. The molecule has 1 saturated carbocycles. The van der Waals surface area contributed by atoms with Gasteiger partial charge in [-0.3, -0.25) is 0 Å². The van der Waals surface area contributed by atoms with E-state index in [0.29, 0.717) is 29.8 Å². The smallest absolute Gasteiger partial charge is 0.407 e. The fourth-order valence-electron chi connectivity index (χ4n) is 4.37. The first kappa shape index (κ1) is 19.0. The standard InChI is InChI=1S/C22H25NO4S/c1-15(2)17-5-3-16(4-6-17)13-28(26,27)20-9-7-18(8-10-20)22-11-19(22)12-23(14-22)21(24)25/h3-10,15,19H,11-14H2,1-2H3,(H,24,25)/t19-,22+/m0/s1. The van der Waals surface area contributed by atoms with Gasteiger partial charge in [0, 0.05) is 18.5 Å². The largest absolute Gasteiger partial charge is 0.465 e. The summed E-state index contributed by atoms with van der Waals surface area (Å²) in [6, 6.07) is 14.8. The molecule has 28 heavy (non-hydrogen) atoms. The van der Waals surface area contributed by atoms with E-state index in [1.807, 2.05) is 36.4 Å². The second kappa shape index (κ2) is 6.62. The molecule has 0 bridgehead atoms. The number of nitrogens with zero attached hydrogens (tertiary/aromatic N) is 1. The number of sulfone groups is 1. The van der Waals surface area contributed by atoms with Gasteiger partial charge in [0.15, 0.2) is 9.84 Å². The quantitative estimate of drug-likeness (QED) is 0.824. The molecule has 0 unspecified atom stereocenters. The Balaban J connectivity index is 1.50. The number of likely N-dealkylation sites (tertiary alicyclic amines) is 1. The lowest BCUT2D eigenvalue weighted by molar-refractivity contribution is 0.150. The number of rotatable bonds is 5. The second-order valence-electron chi connectivity index (χ2n) is 8.40. The van der Waals surface area contributed by atoms with Crippen molar-refractivity contribution in [3.63, 3.8) is 0 Å². The Morgan fingerprint density at radius 1 is 1.14 bits per heavy atom. The highest BCUT2D eigenvalue weighted by Crippen LogP contribution is 2.59. The van der Waals surface area contributed by atoms with Gasteiger partial charge in [-0.15, -0.1) is 0 Å². The number of carbonyl (C=O) groups is 1. The van der Waals surface area contributed by atoms with Gasteiger partial charge in [0.1, 0.15) is 0 Å². The SMILES string of the molecule is CC(C)c1ccc(CS(=O)(=O)c2ccc([C@]34C[C@H]3CN(C(=O)O)C4)cc2)cc1. The summed E-state index contributed by atoms with van der Waals surface area (Å²) in [4.78, 5) is 13.0. The number of fused-ring (bicyclic) bond motifs is 1. The van der Waals surface area contributed by atoms with Crippen molar-refractivity contribution < 1.29 is 18.3 Å². The minimum absolute atomic E-state index is 0.0225. The maximum atomic E-state index is 12.8. The van der Waals surface area contributed by atoms with E-state index < -0.39 is 15.9 Å². The van der Waals surface area contributed by atoms with E-state index in [1.165, 1.54) is 10.5 Å². The molecule has 0 radical (unpaired) electrons. The third kappa shape index (κ3) is 3.30. The number of hydrogen-bond acceptors (Lipinski definition) is 3. The molecular formula is C22H25NO4S. The van der Waals surface area contributed by atoms with Crippen LogP contribution in [0, 0.1) is 5.92 Å². The van der Waals surface area contributed by atoms with Crippen molar-refractivity contribution in [3.8, 4) is 0 Å². The zero-order chi connectivity index (χ0) is 20.1. The molecule has 2 aromatic rings. The van der Waals surface area contributed by atoms with Crippen molar-refractivity contribution >= 4 is 15.9 Å². The van der Waals surface area contributed by atoms with Crippen molar-refractivity contribution in [1.29, 1.82) is 0 Å². The predicted octanol–water partition coefficient (Wildman–Crippen LogP) is 4.04. The van der Waals surface area contributed by atoms with Crippen molar-refractivity contribution in [2.24, 2.45) is 5.92 Å². The molecule has 2 aliphatic rings. The van der Waals surface area contributed by atoms with Crippen LogP contribution < -0.4 is 0 Å². The third-order valence-corrected chi connectivity index (χ3v) is 7.91. The Hall–Kier alpha value is -2.34. The van der Waals surface area contributed by atoms with Gasteiger partial charge in [-0.25, -0.2) is 13.2 Å². The van der Waals surface area contributed by atoms with Gasteiger partial charge in [-0.2, -0.15) is 0 Å². The van der Waals surface area contributed by atoms with E-state index in [0.717, 1.165) is 17.5 Å². The maximum Gasteiger partial charge on any atom is 0.407 e. The summed E-state index contributed by atoms with van der Waals surface area (Å²) in [6.07, 6.45) is 0.0969. The summed E-state index contributed by atoms with van der Waals surface area (Å²) >= 11 is 0. The molecule has 2 aromatic carbocycles. The Bertz CT molecular complexity index is 996. The summed E-state index contributed by atoms with van der Waals surface area (Å²) in [5.41, 5.74) is 2.90. The molecule has 6 heteroatoms. The van der Waals surface area contributed by atoms with E-state index in [2.05, 4.69) is 13.8 Å². The van der Waals surface area contributed by atoms with Crippen LogP contribution in [0.15, 0.2) is 53.4 Å². The molecule has 1 aliphatic heterocycles. The van der Waals surface area contributed by atoms with Gasteiger partial charge in [0.2, 0.25) is 0 Å². The molecule has 1 aliphatic carbocycles. The summed E-state index contributed by atoms with van der Waals surface area (Å²) in [5.74, 6) is 0.743. The summed E-state index contributed by atoms with van der Waals surface area (Å²) in [6.45, 7) is 5.29. The number of carboxylic acid groups (broad SMARTS) is 1. The average molecular weight is 400 g/mol. The normalized spacial score (nSPS) is 23.7. The minimum Gasteiger partial charge on any atom is -0.465 e. The van der Waals surface area contributed by atoms with E-state index >= 15 is 0 Å².